The third kappa shape index (κ3) is 10.8. The number of nitrogens with zero attached hydrogens (tertiary/aromatic N) is 1. The van der Waals surface area contributed by atoms with Gasteiger partial charge in [0, 0.05) is 26.1 Å². The lowest BCUT2D eigenvalue weighted by Gasteiger charge is -2.32. The second-order valence-electron chi connectivity index (χ2n) is 12.1. The first-order chi connectivity index (χ1) is 22.8. The Kier molecular flexibility index (Phi) is 15.0. The average molecular weight is 660 g/mol. The van der Waals surface area contributed by atoms with Gasteiger partial charge in [0.15, 0.2) is 12.4 Å². The summed E-state index contributed by atoms with van der Waals surface area (Å²) in [5, 5.41) is 41.1. The van der Waals surface area contributed by atoms with Crippen LogP contribution in [-0.2, 0) is 35.1 Å². The number of benzene rings is 2. The van der Waals surface area contributed by atoms with Gasteiger partial charge in [0.2, 0.25) is 0 Å². The van der Waals surface area contributed by atoms with Crippen LogP contribution < -0.4 is 0 Å². The molecule has 0 spiro atoms. The maximum atomic E-state index is 13.3. The van der Waals surface area contributed by atoms with Crippen molar-refractivity contribution in [2.75, 3.05) is 33.4 Å². The van der Waals surface area contributed by atoms with E-state index < -0.39 is 61.5 Å². The lowest BCUT2D eigenvalue weighted by atomic mass is 10.0. The van der Waals surface area contributed by atoms with E-state index in [0.717, 1.165) is 44.1 Å². The fraction of sp³-hybridized carbons (Fsp3) is 0.600. The molecule has 0 aromatic heterocycles. The second kappa shape index (κ2) is 19.2. The van der Waals surface area contributed by atoms with Crippen LogP contribution in [0.5, 0.6) is 0 Å². The number of methoxy groups -OCH3 is 1. The molecule has 260 valence electrons. The van der Waals surface area contributed by atoms with E-state index in [1.807, 2.05) is 30.3 Å². The Balaban J connectivity index is 1.46. The molecule has 0 radical (unpaired) electrons. The van der Waals surface area contributed by atoms with Gasteiger partial charge in [0.05, 0.1) is 50.2 Å². The first kappa shape index (κ1) is 36.9. The molecule has 2 aromatic carbocycles. The molecular weight excluding hydrogens is 610 g/mol. The first-order valence-corrected chi connectivity index (χ1v) is 16.5. The first-order valence-electron chi connectivity index (χ1n) is 16.5. The molecule has 0 amide bonds. The van der Waals surface area contributed by atoms with Gasteiger partial charge in [-0.1, -0.05) is 74.2 Å². The smallest absolute Gasteiger partial charge is 0.338 e. The summed E-state index contributed by atoms with van der Waals surface area (Å²) in [6, 6.07) is 17.2. The highest BCUT2D eigenvalue weighted by atomic mass is 16.7. The number of hydrogen-bond donors (Lipinski definition) is 4. The molecule has 0 saturated carbocycles. The number of aliphatic hydroxyl groups is 4. The standard InChI is InChI=1S/C35H49NO11/c1-43-29(40)18-12-4-2-3-5-13-19-44-35-33(47-34(42)25-16-10-7-11-17-25)32(45-23-24-14-8-6-9-15-24)28(46-35)21-36-20-26(38)31(41)30(36)27(39)22-37/h6-11,14-17,26-28,30-33,35,37-39,41H,2-5,12-13,18-23H2,1H3/t26-,27+,28-,30-,31+,32-,33+,35+/m1/s1. The number of rotatable bonds is 19. The van der Waals surface area contributed by atoms with Crippen LogP contribution in [0.4, 0.5) is 0 Å². The summed E-state index contributed by atoms with van der Waals surface area (Å²) in [5.74, 6) is -0.756. The van der Waals surface area contributed by atoms with Crippen molar-refractivity contribution < 1.29 is 53.7 Å². The van der Waals surface area contributed by atoms with Crippen LogP contribution in [0.1, 0.15) is 60.9 Å². The van der Waals surface area contributed by atoms with E-state index >= 15 is 0 Å². The van der Waals surface area contributed by atoms with Crippen LogP contribution in [0, 0.1) is 0 Å². The van der Waals surface area contributed by atoms with Crippen molar-refractivity contribution in [1.82, 2.24) is 4.90 Å². The number of esters is 2. The zero-order valence-electron chi connectivity index (χ0n) is 27.0. The third-order valence-corrected chi connectivity index (χ3v) is 8.67. The van der Waals surface area contributed by atoms with E-state index in [4.69, 9.17) is 18.9 Å². The van der Waals surface area contributed by atoms with E-state index in [9.17, 15) is 30.0 Å². The van der Waals surface area contributed by atoms with Crippen LogP contribution in [0.15, 0.2) is 60.7 Å². The van der Waals surface area contributed by atoms with Gasteiger partial charge < -0.3 is 44.1 Å². The van der Waals surface area contributed by atoms with Crippen molar-refractivity contribution >= 4 is 11.9 Å². The Morgan fingerprint density at radius 3 is 2.26 bits per heavy atom. The summed E-state index contributed by atoms with van der Waals surface area (Å²) in [5.41, 5.74) is 1.26. The number of unbranched alkanes of at least 4 members (excludes halogenated alkanes) is 5. The van der Waals surface area contributed by atoms with Gasteiger partial charge in [0.1, 0.15) is 12.2 Å². The van der Waals surface area contributed by atoms with Crippen molar-refractivity contribution in [2.45, 2.75) is 101 Å². The lowest BCUT2D eigenvalue weighted by molar-refractivity contribution is -0.170. The van der Waals surface area contributed by atoms with Crippen molar-refractivity contribution in [2.24, 2.45) is 0 Å². The fourth-order valence-electron chi connectivity index (χ4n) is 6.13. The van der Waals surface area contributed by atoms with Gasteiger partial charge in [-0.2, -0.15) is 0 Å². The van der Waals surface area contributed by atoms with Gasteiger partial charge in [-0.05, 0) is 30.5 Å². The normalized spacial score (nSPS) is 26.7. The van der Waals surface area contributed by atoms with Crippen molar-refractivity contribution in [3.63, 3.8) is 0 Å². The van der Waals surface area contributed by atoms with Crippen LogP contribution >= 0.6 is 0 Å². The van der Waals surface area contributed by atoms with E-state index in [1.165, 1.54) is 7.11 Å². The minimum absolute atomic E-state index is 0.0355. The SMILES string of the molecule is COC(=O)CCCCCCCCO[C@H]1O[C@H](CN2C[C@@H](O)[C@H](O)[C@H]2[C@@H](O)CO)[C@@H](OCc2ccccc2)[C@@H]1OC(=O)c1ccccc1. The van der Waals surface area contributed by atoms with E-state index in [0.29, 0.717) is 18.6 Å². The number of aliphatic hydroxyl groups excluding tert-OH is 4. The average Bonchev–Trinajstić information content (AvgIpc) is 3.56. The van der Waals surface area contributed by atoms with Crippen LogP contribution in [-0.4, -0.2) is 120 Å². The predicted molar refractivity (Wildman–Crippen MR) is 170 cm³/mol. The molecule has 2 heterocycles. The van der Waals surface area contributed by atoms with E-state index in [2.05, 4.69) is 4.74 Å². The topological polar surface area (TPSA) is 164 Å². The van der Waals surface area contributed by atoms with Gasteiger partial charge in [0.25, 0.3) is 0 Å². The molecule has 47 heavy (non-hydrogen) atoms. The molecule has 0 aliphatic carbocycles. The molecular formula is C35H49NO11. The van der Waals surface area contributed by atoms with E-state index in [1.54, 1.807) is 35.2 Å². The molecule has 12 nitrogen and oxygen atoms in total. The number of ether oxygens (including phenoxy) is 5. The zero-order valence-corrected chi connectivity index (χ0v) is 27.0. The molecule has 0 unspecified atom stereocenters. The Bertz CT molecular complexity index is 1200. The molecule has 2 saturated heterocycles. The molecule has 0 bridgehead atoms. The number of hydrogen-bond acceptors (Lipinski definition) is 12. The summed E-state index contributed by atoms with van der Waals surface area (Å²) >= 11 is 0. The molecule has 2 fully saturated rings. The summed E-state index contributed by atoms with van der Waals surface area (Å²) < 4.78 is 29.7. The highest BCUT2D eigenvalue weighted by molar-refractivity contribution is 5.89. The van der Waals surface area contributed by atoms with Crippen LogP contribution in [0.25, 0.3) is 0 Å². The summed E-state index contributed by atoms with van der Waals surface area (Å²) in [6.45, 7) is 0.0748. The van der Waals surface area contributed by atoms with Gasteiger partial charge in [-0.15, -0.1) is 0 Å². The zero-order chi connectivity index (χ0) is 33.6. The number of likely N-dealkylation sites (tertiary alicyclic amines) is 1. The van der Waals surface area contributed by atoms with Crippen LogP contribution in [0.2, 0.25) is 0 Å². The number of carbonyl (C=O) groups excluding carboxylic acids is 2. The Labute approximate surface area is 276 Å². The van der Waals surface area contributed by atoms with Crippen molar-refractivity contribution in [3.05, 3.63) is 71.8 Å². The molecule has 12 heteroatoms. The van der Waals surface area contributed by atoms with Gasteiger partial charge in [-0.25, -0.2) is 4.79 Å². The monoisotopic (exact) mass is 659 g/mol. The highest BCUT2D eigenvalue weighted by Gasteiger charge is 2.52. The number of β-amino-alcohol motifs (C(OH)–C–C–N with tert-alkyl or cyclic N) is 1. The third-order valence-electron chi connectivity index (χ3n) is 8.67. The molecule has 4 rings (SSSR count). The Hall–Kier alpha value is -2.94. The maximum absolute atomic E-state index is 13.3. The highest BCUT2D eigenvalue weighted by Crippen LogP contribution is 2.32. The second-order valence-corrected chi connectivity index (χ2v) is 12.1. The maximum Gasteiger partial charge on any atom is 0.338 e. The van der Waals surface area contributed by atoms with Gasteiger partial charge in [-0.3, -0.25) is 9.69 Å². The molecule has 8 atom stereocenters. The molecule has 2 aromatic rings. The molecule has 2 aliphatic rings. The van der Waals surface area contributed by atoms with E-state index in [-0.39, 0.29) is 25.7 Å². The van der Waals surface area contributed by atoms with Crippen LogP contribution in [0.3, 0.4) is 0 Å². The largest absolute Gasteiger partial charge is 0.469 e. The summed E-state index contributed by atoms with van der Waals surface area (Å²) in [7, 11) is 1.39. The quantitative estimate of drug-likeness (QED) is 0.129. The minimum Gasteiger partial charge on any atom is -0.469 e. The van der Waals surface area contributed by atoms with Crippen molar-refractivity contribution in [3.8, 4) is 0 Å². The number of carbonyl (C=O) groups is 2. The Morgan fingerprint density at radius 1 is 0.915 bits per heavy atom. The summed E-state index contributed by atoms with van der Waals surface area (Å²) in [4.78, 5) is 26.2. The summed E-state index contributed by atoms with van der Waals surface area (Å²) in [6.07, 6.45) is -1.41. The molecule has 2 aliphatic heterocycles. The lowest BCUT2D eigenvalue weighted by Crippen LogP contribution is -2.51. The molecule has 4 N–H and O–H groups in total. The Morgan fingerprint density at radius 2 is 1.57 bits per heavy atom. The minimum atomic E-state index is -1.30. The van der Waals surface area contributed by atoms with Gasteiger partial charge >= 0.3 is 11.9 Å². The fourth-order valence-corrected chi connectivity index (χ4v) is 6.13. The predicted octanol–water partition coefficient (Wildman–Crippen LogP) is 2.20. The van der Waals surface area contributed by atoms with Crippen molar-refractivity contribution in [1.29, 1.82) is 0 Å².